The van der Waals surface area contributed by atoms with Crippen LogP contribution in [0.1, 0.15) is 0 Å². The van der Waals surface area contributed by atoms with Gasteiger partial charge in [-0.15, -0.1) is 0 Å². The number of aliphatic hydroxyl groups excluding tert-OH is 1. The van der Waals surface area contributed by atoms with Crippen molar-refractivity contribution >= 4 is 6.29 Å². The van der Waals surface area contributed by atoms with Gasteiger partial charge in [0, 0.05) is 14.2 Å². The topological polar surface area (TPSA) is 55.8 Å². The first-order valence-corrected chi connectivity index (χ1v) is 2.91. The Hall–Kier alpha value is -0.450. The molecule has 60 valence electrons. The van der Waals surface area contributed by atoms with Crippen molar-refractivity contribution in [2.75, 3.05) is 20.8 Å². The van der Waals surface area contributed by atoms with E-state index < -0.39 is 12.2 Å². The van der Waals surface area contributed by atoms with Crippen molar-refractivity contribution in [3.63, 3.8) is 0 Å². The summed E-state index contributed by atoms with van der Waals surface area (Å²) in [6.07, 6.45) is -0.623. The molecular formula is C6H12O4. The van der Waals surface area contributed by atoms with Crippen LogP contribution in [0.25, 0.3) is 0 Å². The minimum absolute atomic E-state index is 0.215. The summed E-state index contributed by atoms with van der Waals surface area (Å²) in [5, 5.41) is 8.59. The Morgan fingerprint density at radius 2 is 2.10 bits per heavy atom. The molecule has 0 aliphatic heterocycles. The molecule has 4 nitrogen and oxygen atoms in total. The van der Waals surface area contributed by atoms with Crippen molar-refractivity contribution < 1.29 is 19.4 Å². The highest BCUT2D eigenvalue weighted by molar-refractivity contribution is 5.57. The maximum absolute atomic E-state index is 10.2. The Bertz CT molecular complexity index is 89.7. The number of ether oxygens (including phenoxy) is 2. The van der Waals surface area contributed by atoms with E-state index in [2.05, 4.69) is 0 Å². The van der Waals surface area contributed by atoms with Crippen molar-refractivity contribution in [2.24, 2.45) is 0 Å². The molecule has 1 N–H and O–H groups in total. The standard InChI is InChI=1S/C6H12O4/c1-9-5(3-7)6(4-8)10-2/h3,5-6,8H,4H2,1-2H3/t5-,6-/m0/s1. The molecule has 0 aromatic heterocycles. The van der Waals surface area contributed by atoms with E-state index in [1.54, 1.807) is 0 Å². The van der Waals surface area contributed by atoms with Crippen molar-refractivity contribution in [3.8, 4) is 0 Å². The molecule has 0 amide bonds. The fourth-order valence-electron chi connectivity index (χ4n) is 0.608. The zero-order valence-electron chi connectivity index (χ0n) is 6.11. The second-order valence-corrected chi connectivity index (χ2v) is 1.79. The molecule has 2 atom stereocenters. The van der Waals surface area contributed by atoms with Gasteiger partial charge >= 0.3 is 0 Å². The molecule has 0 heterocycles. The molecule has 0 rings (SSSR count). The number of hydrogen-bond donors (Lipinski definition) is 1. The lowest BCUT2D eigenvalue weighted by Gasteiger charge is -2.16. The number of rotatable bonds is 5. The Labute approximate surface area is 59.7 Å². The Balaban J connectivity index is 3.81. The number of methoxy groups -OCH3 is 2. The second-order valence-electron chi connectivity index (χ2n) is 1.79. The van der Waals surface area contributed by atoms with Crippen LogP contribution >= 0.6 is 0 Å². The second kappa shape index (κ2) is 5.34. The van der Waals surface area contributed by atoms with Gasteiger partial charge in [-0.1, -0.05) is 0 Å². The maximum Gasteiger partial charge on any atom is 0.151 e. The van der Waals surface area contributed by atoms with Gasteiger partial charge in [0.1, 0.15) is 12.2 Å². The molecule has 0 bridgehead atoms. The summed E-state index contributed by atoms with van der Waals surface area (Å²) in [6, 6.07) is 0. The Morgan fingerprint density at radius 3 is 2.20 bits per heavy atom. The number of aliphatic hydroxyl groups is 1. The quantitative estimate of drug-likeness (QED) is 0.519. The zero-order chi connectivity index (χ0) is 7.98. The van der Waals surface area contributed by atoms with E-state index in [1.807, 2.05) is 0 Å². The summed E-state index contributed by atoms with van der Waals surface area (Å²) in [7, 11) is 2.80. The lowest BCUT2D eigenvalue weighted by molar-refractivity contribution is -0.127. The number of carbonyl (C=O) groups excluding carboxylic acids is 1. The molecule has 0 aromatic carbocycles. The lowest BCUT2D eigenvalue weighted by atomic mass is 10.2. The molecule has 0 radical (unpaired) electrons. The molecular weight excluding hydrogens is 136 g/mol. The van der Waals surface area contributed by atoms with Gasteiger partial charge in [0.2, 0.25) is 0 Å². The van der Waals surface area contributed by atoms with E-state index in [4.69, 9.17) is 14.6 Å². The van der Waals surface area contributed by atoms with Gasteiger partial charge in [0.15, 0.2) is 6.29 Å². The van der Waals surface area contributed by atoms with E-state index in [-0.39, 0.29) is 6.61 Å². The molecule has 10 heavy (non-hydrogen) atoms. The summed E-state index contributed by atoms with van der Waals surface area (Å²) >= 11 is 0. The van der Waals surface area contributed by atoms with Gasteiger partial charge in [-0.2, -0.15) is 0 Å². The summed E-state index contributed by atoms with van der Waals surface area (Å²) < 4.78 is 9.43. The minimum Gasteiger partial charge on any atom is -0.394 e. The van der Waals surface area contributed by atoms with E-state index in [0.717, 1.165) is 0 Å². The van der Waals surface area contributed by atoms with Crippen LogP contribution < -0.4 is 0 Å². The van der Waals surface area contributed by atoms with E-state index in [9.17, 15) is 4.79 Å². The number of hydrogen-bond acceptors (Lipinski definition) is 4. The van der Waals surface area contributed by atoms with Crippen LogP contribution in [0, 0.1) is 0 Å². The monoisotopic (exact) mass is 148 g/mol. The highest BCUT2D eigenvalue weighted by Gasteiger charge is 2.18. The Morgan fingerprint density at radius 1 is 1.50 bits per heavy atom. The molecule has 4 heteroatoms. The SMILES string of the molecule is CO[C@@H](C=O)[C@H](CO)OC. The van der Waals surface area contributed by atoms with Crippen molar-refractivity contribution in [3.05, 3.63) is 0 Å². The maximum atomic E-state index is 10.2. The Kier molecular flexibility index (Phi) is 5.10. The molecule has 0 aliphatic rings. The average Bonchev–Trinajstić information content (AvgIpc) is 2.00. The first kappa shape index (κ1) is 9.55. The summed E-state index contributed by atoms with van der Waals surface area (Å²) in [6.45, 7) is -0.215. The molecule has 0 fully saturated rings. The van der Waals surface area contributed by atoms with Crippen LogP contribution in [0.5, 0.6) is 0 Å². The number of carbonyl (C=O) groups is 1. The average molecular weight is 148 g/mol. The van der Waals surface area contributed by atoms with Crippen LogP contribution in [-0.4, -0.2) is 44.4 Å². The normalized spacial score (nSPS) is 16.3. The minimum atomic E-state index is -0.671. The van der Waals surface area contributed by atoms with Crippen LogP contribution in [-0.2, 0) is 14.3 Å². The molecule has 0 aromatic rings. The third-order valence-electron chi connectivity index (χ3n) is 1.26. The van der Waals surface area contributed by atoms with Gasteiger partial charge in [-0.25, -0.2) is 0 Å². The largest absolute Gasteiger partial charge is 0.394 e. The molecule has 0 unspecified atom stereocenters. The first-order valence-electron chi connectivity index (χ1n) is 2.91. The fraction of sp³-hybridized carbons (Fsp3) is 0.833. The van der Waals surface area contributed by atoms with Gasteiger partial charge in [-0.3, -0.25) is 0 Å². The van der Waals surface area contributed by atoms with Crippen LogP contribution in [0.3, 0.4) is 0 Å². The smallest absolute Gasteiger partial charge is 0.151 e. The van der Waals surface area contributed by atoms with Gasteiger partial charge in [0.05, 0.1) is 6.61 Å². The van der Waals surface area contributed by atoms with Crippen LogP contribution in [0.2, 0.25) is 0 Å². The fourth-order valence-corrected chi connectivity index (χ4v) is 0.608. The van der Waals surface area contributed by atoms with Gasteiger partial charge in [0.25, 0.3) is 0 Å². The van der Waals surface area contributed by atoms with E-state index >= 15 is 0 Å². The van der Waals surface area contributed by atoms with Crippen molar-refractivity contribution in [1.29, 1.82) is 0 Å². The van der Waals surface area contributed by atoms with Crippen LogP contribution in [0.4, 0.5) is 0 Å². The third-order valence-corrected chi connectivity index (χ3v) is 1.26. The number of aldehydes is 1. The predicted octanol–water partition coefficient (Wildman–Crippen LogP) is -0.792. The van der Waals surface area contributed by atoms with E-state index in [1.165, 1.54) is 14.2 Å². The summed E-state index contributed by atoms with van der Waals surface area (Å²) in [5.41, 5.74) is 0. The van der Waals surface area contributed by atoms with Crippen molar-refractivity contribution in [1.82, 2.24) is 0 Å². The summed E-state index contributed by atoms with van der Waals surface area (Å²) in [4.78, 5) is 10.2. The lowest BCUT2D eigenvalue weighted by Crippen LogP contribution is -2.34. The van der Waals surface area contributed by atoms with Gasteiger partial charge in [-0.05, 0) is 0 Å². The van der Waals surface area contributed by atoms with E-state index in [0.29, 0.717) is 6.29 Å². The molecule has 0 saturated heterocycles. The molecule has 0 aliphatic carbocycles. The van der Waals surface area contributed by atoms with Crippen LogP contribution in [0.15, 0.2) is 0 Å². The van der Waals surface area contributed by atoms with Gasteiger partial charge < -0.3 is 19.4 Å². The highest BCUT2D eigenvalue weighted by Crippen LogP contribution is 1.97. The summed E-state index contributed by atoms with van der Waals surface area (Å²) in [5.74, 6) is 0. The first-order chi connectivity index (χ1) is 4.79. The zero-order valence-corrected chi connectivity index (χ0v) is 6.11. The molecule has 0 saturated carbocycles. The third kappa shape index (κ3) is 2.43. The predicted molar refractivity (Wildman–Crippen MR) is 34.7 cm³/mol. The molecule has 0 spiro atoms. The highest BCUT2D eigenvalue weighted by atomic mass is 16.5. The van der Waals surface area contributed by atoms with Crippen molar-refractivity contribution in [2.45, 2.75) is 12.2 Å².